The van der Waals surface area contributed by atoms with Crippen LogP contribution in [0.25, 0.3) is 10.9 Å². The molecular formula is C23H25Cl2FN4O11S2. The predicted molar refractivity (Wildman–Crippen MR) is 155 cm³/mol. The van der Waals surface area contributed by atoms with Gasteiger partial charge in [0.1, 0.15) is 18.2 Å². The zero-order chi connectivity index (χ0) is 32.5. The molecule has 1 aromatic heterocycles. The summed E-state index contributed by atoms with van der Waals surface area (Å²) in [5.41, 5.74) is 0.713. The molecule has 0 bridgehead atoms. The fourth-order valence-corrected chi connectivity index (χ4v) is 3.98. The highest BCUT2D eigenvalue weighted by atomic mass is 35.5. The molecule has 1 saturated heterocycles. The molecule has 3 aromatic rings. The average Bonchev–Trinajstić information content (AvgIpc) is 2.91. The number of ether oxygens (including phenoxy) is 2. The molecule has 43 heavy (non-hydrogen) atoms. The van der Waals surface area contributed by atoms with Crippen molar-refractivity contribution in [3.05, 3.63) is 59.1 Å². The smallest absolute Gasteiger partial charge is 0.394 e. The van der Waals surface area contributed by atoms with Gasteiger partial charge in [-0.15, -0.1) is 0 Å². The first-order chi connectivity index (χ1) is 19.9. The number of hydrogen-bond donors (Lipinski definition) is 5. The highest BCUT2D eigenvalue weighted by Crippen LogP contribution is 2.37. The number of nitrogens with one attached hydrogen (secondary N) is 1. The van der Waals surface area contributed by atoms with Crippen molar-refractivity contribution >= 4 is 72.3 Å². The summed E-state index contributed by atoms with van der Waals surface area (Å²) in [6.45, 7) is 4.70. The highest BCUT2D eigenvalue weighted by molar-refractivity contribution is 7.80. The molecule has 0 unspecified atom stereocenters. The molecule has 0 saturated carbocycles. The number of piperidine rings is 1. The van der Waals surface area contributed by atoms with Gasteiger partial charge >= 0.3 is 20.8 Å². The van der Waals surface area contributed by atoms with Crippen LogP contribution in [0.5, 0.6) is 11.5 Å². The van der Waals surface area contributed by atoms with E-state index in [1.54, 1.807) is 24.1 Å². The van der Waals surface area contributed by atoms with Crippen LogP contribution in [0.15, 0.2) is 43.2 Å². The molecule has 5 N–H and O–H groups in total. The third kappa shape index (κ3) is 12.0. The number of methoxy groups -OCH3 is 1. The van der Waals surface area contributed by atoms with Gasteiger partial charge in [0, 0.05) is 37.4 Å². The van der Waals surface area contributed by atoms with Crippen LogP contribution in [-0.4, -0.2) is 82.1 Å². The normalized spacial score (nSPS) is 13.6. The standard InChI is InChI=1S/C23H21Cl2FN4O3.2H2O4S/c1-3-20(31)30-8-6-13(7-9-30)33-19-10-14-17(11-18(19)32-2)27-12-28-23(14)29-16-5-4-15(24)21(25)22(16)26;2*1-5(2,3)4/h3-5,10-13H,1,6-9H2,2H3,(H,27,28,29);2*(H2,1,2,3,4). The zero-order valence-electron chi connectivity index (χ0n) is 22.0. The lowest BCUT2D eigenvalue weighted by atomic mass is 10.1. The van der Waals surface area contributed by atoms with Crippen molar-refractivity contribution in [2.45, 2.75) is 18.9 Å². The third-order valence-corrected chi connectivity index (χ3v) is 6.21. The monoisotopic (exact) mass is 686 g/mol. The molecule has 0 radical (unpaired) electrons. The van der Waals surface area contributed by atoms with E-state index in [0.29, 0.717) is 54.2 Å². The van der Waals surface area contributed by atoms with Gasteiger partial charge in [0.2, 0.25) is 5.91 Å². The Morgan fingerprint density at radius 2 is 1.65 bits per heavy atom. The summed E-state index contributed by atoms with van der Waals surface area (Å²) in [4.78, 5) is 22.1. The molecule has 15 nitrogen and oxygen atoms in total. The summed E-state index contributed by atoms with van der Waals surface area (Å²) in [5.74, 6) is 0.625. The first-order valence-corrected chi connectivity index (χ1v) is 15.2. The Balaban J connectivity index is 0.000000559. The second-order valence-corrected chi connectivity index (χ2v) is 10.9. The summed E-state index contributed by atoms with van der Waals surface area (Å²) in [6, 6.07) is 6.47. The van der Waals surface area contributed by atoms with Crippen LogP contribution in [0.3, 0.4) is 0 Å². The lowest BCUT2D eigenvalue weighted by molar-refractivity contribution is -0.127. The fourth-order valence-electron chi connectivity index (χ4n) is 3.67. The predicted octanol–water partition coefficient (Wildman–Crippen LogP) is 4.08. The molecule has 1 aliphatic heterocycles. The highest BCUT2D eigenvalue weighted by Gasteiger charge is 2.24. The number of likely N-dealkylation sites (tertiary alicyclic amines) is 1. The number of nitrogens with zero attached hydrogens (tertiary/aromatic N) is 3. The SMILES string of the molecule is C=CC(=O)N1CCC(Oc2cc3c(Nc4ccc(Cl)c(Cl)c4F)ncnc3cc2OC)CC1.O=S(=O)(O)O.O=S(=O)(O)O. The molecule has 1 fully saturated rings. The van der Waals surface area contributed by atoms with Gasteiger partial charge in [-0.25, -0.2) is 14.4 Å². The van der Waals surface area contributed by atoms with Crippen LogP contribution in [0.1, 0.15) is 12.8 Å². The van der Waals surface area contributed by atoms with Crippen molar-refractivity contribution < 1.29 is 53.7 Å². The minimum absolute atomic E-state index is 0.0841. The zero-order valence-corrected chi connectivity index (χ0v) is 25.2. The van der Waals surface area contributed by atoms with Crippen molar-refractivity contribution in [1.82, 2.24) is 14.9 Å². The summed E-state index contributed by atoms with van der Waals surface area (Å²) >= 11 is 11.8. The van der Waals surface area contributed by atoms with E-state index in [4.69, 9.17) is 67.7 Å². The van der Waals surface area contributed by atoms with Gasteiger partial charge in [-0.3, -0.25) is 23.0 Å². The topological polar surface area (TPSA) is 226 Å². The summed E-state index contributed by atoms with van der Waals surface area (Å²) < 4.78 is 89.5. The number of fused-ring (bicyclic) bond motifs is 1. The third-order valence-electron chi connectivity index (χ3n) is 5.43. The maximum Gasteiger partial charge on any atom is 0.394 e. The van der Waals surface area contributed by atoms with Crippen molar-refractivity contribution in [2.75, 3.05) is 25.5 Å². The van der Waals surface area contributed by atoms with Crippen molar-refractivity contribution in [3.8, 4) is 11.5 Å². The number of halogens is 3. The van der Waals surface area contributed by atoms with E-state index in [1.165, 1.54) is 24.5 Å². The fraction of sp³-hybridized carbons (Fsp3) is 0.261. The molecule has 2 heterocycles. The Labute approximate surface area is 255 Å². The molecule has 0 spiro atoms. The first kappa shape index (κ1) is 35.8. The Morgan fingerprint density at radius 3 is 2.19 bits per heavy atom. The Hall–Kier alpha value is -3.36. The maximum atomic E-state index is 14.6. The van der Waals surface area contributed by atoms with Gasteiger partial charge in [-0.2, -0.15) is 16.8 Å². The van der Waals surface area contributed by atoms with Crippen LogP contribution in [0.2, 0.25) is 10.0 Å². The molecule has 1 amide bonds. The molecule has 4 rings (SSSR count). The average molecular weight is 688 g/mol. The molecule has 0 atom stereocenters. The second kappa shape index (κ2) is 15.4. The molecule has 1 aliphatic rings. The minimum Gasteiger partial charge on any atom is -0.493 e. The number of carbonyl (C=O) groups excluding carboxylic acids is 1. The maximum absolute atomic E-state index is 14.6. The number of benzene rings is 2. The van der Waals surface area contributed by atoms with Crippen molar-refractivity contribution in [1.29, 1.82) is 0 Å². The molecule has 0 aliphatic carbocycles. The van der Waals surface area contributed by atoms with Crippen molar-refractivity contribution in [2.24, 2.45) is 0 Å². The summed E-state index contributed by atoms with van der Waals surface area (Å²) in [5, 5.41) is 3.51. The molecule has 236 valence electrons. The van der Waals surface area contributed by atoms with E-state index in [-0.39, 0.29) is 27.7 Å². The van der Waals surface area contributed by atoms with Crippen LogP contribution >= 0.6 is 23.2 Å². The molecular weight excluding hydrogens is 662 g/mol. The number of aromatic nitrogens is 2. The number of amides is 1. The second-order valence-electron chi connectivity index (χ2n) is 8.33. The van der Waals surface area contributed by atoms with E-state index in [9.17, 15) is 9.18 Å². The number of anilines is 2. The van der Waals surface area contributed by atoms with Gasteiger partial charge < -0.3 is 19.7 Å². The van der Waals surface area contributed by atoms with Crippen molar-refractivity contribution in [3.63, 3.8) is 0 Å². The van der Waals surface area contributed by atoms with Gasteiger partial charge in [0.05, 0.1) is 28.4 Å². The van der Waals surface area contributed by atoms with Gasteiger partial charge in [0.25, 0.3) is 0 Å². The van der Waals surface area contributed by atoms with Crippen LogP contribution in [0.4, 0.5) is 15.9 Å². The quantitative estimate of drug-likeness (QED) is 0.140. The largest absolute Gasteiger partial charge is 0.493 e. The van der Waals surface area contributed by atoms with E-state index < -0.39 is 26.6 Å². The number of rotatable bonds is 6. The van der Waals surface area contributed by atoms with Gasteiger partial charge in [0.15, 0.2) is 17.3 Å². The number of carbonyl (C=O) groups is 1. The first-order valence-electron chi connectivity index (χ1n) is 11.6. The number of hydrogen-bond acceptors (Lipinski definition) is 10. The van der Waals surface area contributed by atoms with E-state index in [1.807, 2.05) is 0 Å². The summed E-state index contributed by atoms with van der Waals surface area (Å²) in [7, 11) is -7.79. The van der Waals surface area contributed by atoms with Crippen LogP contribution in [-0.2, 0) is 25.6 Å². The minimum atomic E-state index is -4.67. The summed E-state index contributed by atoms with van der Waals surface area (Å²) in [6.07, 6.45) is 3.93. The molecule has 2 aromatic carbocycles. The Bertz CT molecular complexity index is 1640. The van der Waals surface area contributed by atoms with E-state index >= 15 is 0 Å². The Kier molecular flexibility index (Phi) is 12.8. The van der Waals surface area contributed by atoms with E-state index in [0.717, 1.165) is 0 Å². The van der Waals surface area contributed by atoms with Gasteiger partial charge in [-0.1, -0.05) is 29.8 Å². The lowest BCUT2D eigenvalue weighted by Gasteiger charge is -2.31. The van der Waals surface area contributed by atoms with E-state index in [2.05, 4.69) is 21.9 Å². The van der Waals surface area contributed by atoms with Gasteiger partial charge in [-0.05, 0) is 24.3 Å². The van der Waals surface area contributed by atoms with Crippen LogP contribution in [0, 0.1) is 5.82 Å². The molecule has 20 heteroatoms. The lowest BCUT2D eigenvalue weighted by Crippen LogP contribution is -2.41. The van der Waals surface area contributed by atoms with Crippen LogP contribution < -0.4 is 14.8 Å². The Morgan fingerprint density at radius 1 is 1.07 bits per heavy atom.